The second-order valence-corrected chi connectivity index (χ2v) is 7.51. The van der Waals surface area contributed by atoms with E-state index in [1.807, 2.05) is 24.3 Å². The van der Waals surface area contributed by atoms with Gasteiger partial charge in [0, 0.05) is 39.4 Å². The molecule has 0 saturated carbocycles. The van der Waals surface area contributed by atoms with Crippen LogP contribution in [-0.4, -0.2) is 83.0 Å². The largest absolute Gasteiger partial charge is 0.379 e. The number of carbonyl (C=O) groups is 2. The van der Waals surface area contributed by atoms with E-state index in [-0.39, 0.29) is 24.1 Å². The lowest BCUT2D eigenvalue weighted by molar-refractivity contribution is -0.116. The molecule has 2 aliphatic rings. The van der Waals surface area contributed by atoms with Gasteiger partial charge in [-0.15, -0.1) is 0 Å². The second-order valence-electron chi connectivity index (χ2n) is 7.51. The maximum atomic E-state index is 12.8. The van der Waals surface area contributed by atoms with Crippen LogP contribution < -0.4 is 10.2 Å². The number of aliphatic hydroxyl groups is 1. The highest BCUT2D eigenvalue weighted by molar-refractivity contribution is 6.00. The molecular weight excluding hydrogens is 388 g/mol. The molecule has 1 aromatic carbocycles. The van der Waals surface area contributed by atoms with Gasteiger partial charge in [0.15, 0.2) is 11.5 Å². The summed E-state index contributed by atoms with van der Waals surface area (Å²) < 4.78 is 6.91. The Labute approximate surface area is 174 Å². The van der Waals surface area contributed by atoms with Gasteiger partial charge in [-0.2, -0.15) is 0 Å². The highest BCUT2D eigenvalue weighted by Gasteiger charge is 2.36. The summed E-state index contributed by atoms with van der Waals surface area (Å²) in [6.07, 6.45) is 0.360. The fourth-order valence-corrected chi connectivity index (χ4v) is 3.73. The van der Waals surface area contributed by atoms with E-state index in [2.05, 4.69) is 15.2 Å². The number of imidazole rings is 1. The van der Waals surface area contributed by atoms with Crippen molar-refractivity contribution >= 4 is 23.3 Å². The number of anilines is 2. The fourth-order valence-electron chi connectivity index (χ4n) is 3.73. The van der Waals surface area contributed by atoms with E-state index in [0.29, 0.717) is 19.0 Å². The zero-order valence-corrected chi connectivity index (χ0v) is 17.1. The van der Waals surface area contributed by atoms with Gasteiger partial charge in [-0.05, 0) is 11.6 Å². The summed E-state index contributed by atoms with van der Waals surface area (Å²) in [4.78, 5) is 34.6. The molecule has 3 heterocycles. The number of para-hydroxylation sites is 1. The molecule has 2 N–H and O–H groups in total. The SMILES string of the molecule is CN1C(=O)c2c(ncn2CC(=O)Nc2ccccc2CN2CCOCC2)N(C)C1O. The zero-order chi connectivity index (χ0) is 21.3. The maximum Gasteiger partial charge on any atom is 0.277 e. The molecule has 1 atom stereocenters. The molecule has 1 unspecified atom stereocenters. The summed E-state index contributed by atoms with van der Waals surface area (Å²) in [6.45, 7) is 3.82. The number of carbonyl (C=O) groups excluding carboxylic acids is 2. The van der Waals surface area contributed by atoms with E-state index in [1.54, 1.807) is 7.05 Å². The predicted octanol–water partition coefficient (Wildman–Crippen LogP) is 0.152. The summed E-state index contributed by atoms with van der Waals surface area (Å²) in [6, 6.07) is 7.71. The first-order chi connectivity index (χ1) is 14.5. The molecule has 0 aliphatic carbocycles. The number of nitrogens with one attached hydrogen (secondary N) is 1. The Morgan fingerprint density at radius 2 is 1.97 bits per heavy atom. The van der Waals surface area contributed by atoms with Crippen LogP contribution in [0.1, 0.15) is 16.1 Å². The van der Waals surface area contributed by atoms with Gasteiger partial charge in [0.05, 0.1) is 19.5 Å². The van der Waals surface area contributed by atoms with Gasteiger partial charge in [-0.3, -0.25) is 19.4 Å². The number of ether oxygens (including phenoxy) is 1. The molecule has 30 heavy (non-hydrogen) atoms. The van der Waals surface area contributed by atoms with Gasteiger partial charge >= 0.3 is 0 Å². The molecule has 160 valence electrons. The lowest BCUT2D eigenvalue weighted by Gasteiger charge is -2.36. The number of rotatable bonds is 5. The van der Waals surface area contributed by atoms with Crippen molar-refractivity contribution in [1.82, 2.24) is 19.4 Å². The minimum atomic E-state index is -1.09. The van der Waals surface area contributed by atoms with Crippen LogP contribution in [0.3, 0.4) is 0 Å². The molecule has 4 rings (SSSR count). The predicted molar refractivity (Wildman–Crippen MR) is 110 cm³/mol. The second kappa shape index (κ2) is 8.42. The molecule has 0 radical (unpaired) electrons. The van der Waals surface area contributed by atoms with E-state index in [0.717, 1.165) is 30.9 Å². The summed E-state index contributed by atoms with van der Waals surface area (Å²) in [5.41, 5.74) is 2.06. The molecule has 10 heteroatoms. The lowest BCUT2D eigenvalue weighted by Crippen LogP contribution is -2.52. The van der Waals surface area contributed by atoms with Crippen LogP contribution >= 0.6 is 0 Å². The third-order valence-electron chi connectivity index (χ3n) is 5.47. The maximum absolute atomic E-state index is 12.8. The molecule has 2 amide bonds. The van der Waals surface area contributed by atoms with Crippen LogP contribution in [-0.2, 0) is 22.6 Å². The van der Waals surface area contributed by atoms with E-state index in [9.17, 15) is 14.7 Å². The van der Waals surface area contributed by atoms with E-state index in [1.165, 1.54) is 27.7 Å². The molecule has 0 spiro atoms. The summed E-state index contributed by atoms with van der Waals surface area (Å²) >= 11 is 0. The number of hydrogen-bond acceptors (Lipinski definition) is 7. The number of nitrogens with zero attached hydrogens (tertiary/aromatic N) is 5. The van der Waals surface area contributed by atoms with Crippen LogP contribution in [0.4, 0.5) is 11.5 Å². The molecule has 0 bridgehead atoms. The number of amides is 2. The molecule has 10 nitrogen and oxygen atoms in total. The van der Waals surface area contributed by atoms with Crippen LogP contribution in [0.15, 0.2) is 30.6 Å². The summed E-state index contributed by atoms with van der Waals surface area (Å²) in [5.74, 6) is -0.284. The smallest absolute Gasteiger partial charge is 0.277 e. The Morgan fingerprint density at radius 1 is 1.23 bits per heavy atom. The van der Waals surface area contributed by atoms with Crippen LogP contribution in [0.5, 0.6) is 0 Å². The highest BCUT2D eigenvalue weighted by atomic mass is 16.5. The third-order valence-corrected chi connectivity index (χ3v) is 5.47. The molecule has 1 saturated heterocycles. The molecule has 1 fully saturated rings. The quantitative estimate of drug-likeness (QED) is 0.718. The monoisotopic (exact) mass is 414 g/mol. The Bertz CT molecular complexity index is 939. The standard InChI is InChI=1S/C20H26N6O4/c1-23-18-17(19(28)24(2)20(23)29)26(13-21-18)12-16(27)22-15-6-4-3-5-14(15)11-25-7-9-30-10-8-25/h3-6,13,20,29H,7-12H2,1-2H3,(H,22,27). The number of aliphatic hydroxyl groups excluding tert-OH is 1. The van der Waals surface area contributed by atoms with E-state index in [4.69, 9.17) is 4.74 Å². The van der Waals surface area contributed by atoms with Crippen molar-refractivity contribution in [3.05, 3.63) is 41.9 Å². The first kappa shape index (κ1) is 20.3. The highest BCUT2D eigenvalue weighted by Crippen LogP contribution is 2.27. The lowest BCUT2D eigenvalue weighted by atomic mass is 10.1. The first-order valence-corrected chi connectivity index (χ1v) is 9.86. The summed E-state index contributed by atoms with van der Waals surface area (Å²) in [5, 5.41) is 13.1. The topological polar surface area (TPSA) is 103 Å². The number of fused-ring (bicyclic) bond motifs is 1. The van der Waals surface area contributed by atoms with Crippen LogP contribution in [0, 0.1) is 0 Å². The Morgan fingerprint density at radius 3 is 2.73 bits per heavy atom. The van der Waals surface area contributed by atoms with Crippen LogP contribution in [0.2, 0.25) is 0 Å². The minimum absolute atomic E-state index is 0.0578. The van der Waals surface area contributed by atoms with Crippen molar-refractivity contribution in [3.8, 4) is 0 Å². The third kappa shape index (κ3) is 3.89. The van der Waals surface area contributed by atoms with Gasteiger partial charge in [0.25, 0.3) is 5.91 Å². The molecular formula is C20H26N6O4. The van der Waals surface area contributed by atoms with Crippen molar-refractivity contribution in [3.63, 3.8) is 0 Å². The number of aromatic nitrogens is 2. The molecule has 2 aromatic rings. The zero-order valence-electron chi connectivity index (χ0n) is 17.1. The van der Waals surface area contributed by atoms with Gasteiger partial charge in [0.1, 0.15) is 6.54 Å². The van der Waals surface area contributed by atoms with Crippen molar-refractivity contribution < 1.29 is 19.4 Å². The van der Waals surface area contributed by atoms with Gasteiger partial charge in [-0.1, -0.05) is 18.2 Å². The van der Waals surface area contributed by atoms with Gasteiger partial charge < -0.3 is 24.6 Å². The van der Waals surface area contributed by atoms with Crippen molar-refractivity contribution in [1.29, 1.82) is 0 Å². The van der Waals surface area contributed by atoms with E-state index >= 15 is 0 Å². The minimum Gasteiger partial charge on any atom is -0.379 e. The van der Waals surface area contributed by atoms with Crippen molar-refractivity contribution in [2.24, 2.45) is 0 Å². The van der Waals surface area contributed by atoms with Gasteiger partial charge in [0.2, 0.25) is 12.3 Å². The Kier molecular flexibility index (Phi) is 5.71. The van der Waals surface area contributed by atoms with E-state index < -0.39 is 6.35 Å². The fraction of sp³-hybridized carbons (Fsp3) is 0.450. The van der Waals surface area contributed by atoms with Crippen molar-refractivity contribution in [2.45, 2.75) is 19.4 Å². The van der Waals surface area contributed by atoms with Crippen molar-refractivity contribution in [2.75, 3.05) is 50.6 Å². The normalized spacial score (nSPS) is 19.7. The van der Waals surface area contributed by atoms with Crippen LogP contribution in [0.25, 0.3) is 0 Å². The Balaban J connectivity index is 1.48. The average molecular weight is 414 g/mol. The Hall–Kier alpha value is -2.95. The number of benzene rings is 1. The first-order valence-electron chi connectivity index (χ1n) is 9.86. The average Bonchev–Trinajstić information content (AvgIpc) is 3.16. The summed E-state index contributed by atoms with van der Waals surface area (Å²) in [7, 11) is 3.15. The number of hydrogen-bond donors (Lipinski definition) is 2. The molecule has 1 aromatic heterocycles. The number of morpholine rings is 1. The molecule has 2 aliphatic heterocycles. The van der Waals surface area contributed by atoms with Gasteiger partial charge in [-0.25, -0.2) is 4.98 Å².